The second-order valence-electron chi connectivity index (χ2n) is 19.8. The number of urea groups is 1. The third-order valence-electron chi connectivity index (χ3n) is 13.8. The molecule has 0 radical (unpaired) electrons. The summed E-state index contributed by atoms with van der Waals surface area (Å²) in [7, 11) is 5.30. The first kappa shape index (κ1) is 55.6. The zero-order valence-corrected chi connectivity index (χ0v) is 40.8. The van der Waals surface area contributed by atoms with E-state index < -0.39 is 90.4 Å². The number of carbonyl (C=O) groups is 2. The Morgan fingerprint density at radius 2 is 1.71 bits per heavy atom. The van der Waals surface area contributed by atoms with Gasteiger partial charge in [-0.3, -0.25) is 9.69 Å². The van der Waals surface area contributed by atoms with E-state index in [0.29, 0.717) is 32.5 Å². The Kier molecular flexibility index (Phi) is 22.4. The summed E-state index contributed by atoms with van der Waals surface area (Å²) in [5.74, 6) is -2.82. The lowest BCUT2D eigenvalue weighted by molar-refractivity contribution is -0.306. The van der Waals surface area contributed by atoms with E-state index >= 15 is 0 Å². The van der Waals surface area contributed by atoms with E-state index in [-0.39, 0.29) is 56.0 Å². The SMILES string of the molecule is CC[C@H]1OC(=O)[C@H](C)[C@@H](O[C@@H](CCOC)O[C@@H](C)[C@@H](C)O)[C@H](C)[C@@H](O[C@@H]2O[C@H](C)C[C@H](N(C)C)[C@H]2O)[C@](C)(O)C[C@@H](C)CN(CCCNC(=O)NC2CCCC2)[C@H](C)[C@@H](O)[C@]1(C)O. The average molecular weight is 905 g/mol. The maximum Gasteiger partial charge on any atom is 0.315 e. The third kappa shape index (κ3) is 15.9. The monoisotopic (exact) mass is 905 g/mol. The van der Waals surface area contributed by atoms with E-state index in [4.69, 9.17) is 28.4 Å². The molecule has 17 heteroatoms. The summed E-state index contributed by atoms with van der Waals surface area (Å²) in [6.45, 7) is 18.8. The van der Waals surface area contributed by atoms with Crippen molar-refractivity contribution in [1.82, 2.24) is 20.4 Å². The molecule has 17 nitrogen and oxygen atoms in total. The lowest BCUT2D eigenvalue weighted by Crippen LogP contribution is -2.59. The maximum atomic E-state index is 14.5. The van der Waals surface area contributed by atoms with Gasteiger partial charge in [-0.1, -0.05) is 33.6 Å². The minimum atomic E-state index is -1.89. The molecule has 0 aromatic rings. The molecular formula is C46H88N4O13. The van der Waals surface area contributed by atoms with Crippen LogP contribution in [-0.2, 0) is 33.2 Å². The number of likely N-dealkylation sites (N-methyl/N-ethyl adjacent to an activating group) is 1. The lowest BCUT2D eigenvalue weighted by atomic mass is 9.77. The number of nitrogens with zero attached hydrogens (tertiary/aromatic N) is 2. The van der Waals surface area contributed by atoms with Gasteiger partial charge >= 0.3 is 12.0 Å². The lowest BCUT2D eigenvalue weighted by Gasteiger charge is -2.47. The fourth-order valence-corrected chi connectivity index (χ4v) is 9.83. The Morgan fingerprint density at radius 1 is 1.06 bits per heavy atom. The van der Waals surface area contributed by atoms with E-state index in [9.17, 15) is 35.1 Å². The molecule has 7 N–H and O–H groups in total. The van der Waals surface area contributed by atoms with Crippen LogP contribution in [0.25, 0.3) is 0 Å². The Labute approximate surface area is 378 Å². The number of amides is 2. The van der Waals surface area contributed by atoms with Gasteiger partial charge in [0.05, 0.1) is 48.6 Å². The summed E-state index contributed by atoms with van der Waals surface area (Å²) in [4.78, 5) is 31.1. The van der Waals surface area contributed by atoms with Crippen LogP contribution in [0.15, 0.2) is 0 Å². The molecule has 1 saturated carbocycles. The van der Waals surface area contributed by atoms with Gasteiger partial charge in [-0.05, 0) is 107 Å². The van der Waals surface area contributed by atoms with E-state index in [1.165, 1.54) is 6.92 Å². The Bertz CT molecular complexity index is 1350. The van der Waals surface area contributed by atoms with Crippen LogP contribution in [0.4, 0.5) is 4.79 Å². The topological polar surface area (TPSA) is 221 Å². The van der Waals surface area contributed by atoms with Crippen LogP contribution in [0.3, 0.4) is 0 Å². The number of carbonyl (C=O) groups excluding carboxylic acids is 2. The first-order valence-corrected chi connectivity index (χ1v) is 23.7. The minimum absolute atomic E-state index is 0.168. The van der Waals surface area contributed by atoms with Crippen molar-refractivity contribution in [3.8, 4) is 0 Å². The highest BCUT2D eigenvalue weighted by Crippen LogP contribution is 2.38. The predicted octanol–water partition coefficient (Wildman–Crippen LogP) is 3.15. The fourth-order valence-electron chi connectivity index (χ4n) is 9.83. The van der Waals surface area contributed by atoms with Crippen LogP contribution in [0.2, 0.25) is 0 Å². The second kappa shape index (κ2) is 25.4. The molecule has 2 saturated heterocycles. The molecular weight excluding hydrogens is 817 g/mol. The number of hydrogen-bond donors (Lipinski definition) is 7. The van der Waals surface area contributed by atoms with Gasteiger partial charge in [0, 0.05) is 57.2 Å². The van der Waals surface area contributed by atoms with Crippen LogP contribution >= 0.6 is 0 Å². The Morgan fingerprint density at radius 3 is 2.30 bits per heavy atom. The molecule has 2 amide bonds. The zero-order valence-electron chi connectivity index (χ0n) is 40.8. The highest BCUT2D eigenvalue weighted by molar-refractivity contribution is 5.74. The number of rotatable bonds is 17. The molecule has 2 heterocycles. The number of hydrogen-bond acceptors (Lipinski definition) is 15. The molecule has 1 aliphatic carbocycles. The molecule has 0 aromatic heterocycles. The summed E-state index contributed by atoms with van der Waals surface area (Å²) >= 11 is 0. The smallest absolute Gasteiger partial charge is 0.315 e. The van der Waals surface area contributed by atoms with Crippen molar-refractivity contribution < 1.29 is 63.5 Å². The molecule has 3 rings (SSSR count). The van der Waals surface area contributed by atoms with Crippen molar-refractivity contribution in [2.45, 2.75) is 218 Å². The van der Waals surface area contributed by atoms with Gasteiger partial charge in [-0.15, -0.1) is 0 Å². The molecule has 0 spiro atoms. The van der Waals surface area contributed by atoms with Crippen molar-refractivity contribution >= 4 is 12.0 Å². The summed E-state index contributed by atoms with van der Waals surface area (Å²) < 4.78 is 37.6. The van der Waals surface area contributed by atoms with Gasteiger partial charge in [-0.25, -0.2) is 4.79 Å². The highest BCUT2D eigenvalue weighted by atomic mass is 16.7. The summed E-state index contributed by atoms with van der Waals surface area (Å²) in [6, 6.07) is -0.990. The number of nitrogens with one attached hydrogen (secondary N) is 2. The van der Waals surface area contributed by atoms with E-state index in [0.717, 1.165) is 25.7 Å². The zero-order chi connectivity index (χ0) is 47.4. The maximum absolute atomic E-state index is 14.5. The van der Waals surface area contributed by atoms with Crippen molar-refractivity contribution in [1.29, 1.82) is 0 Å². The number of aliphatic hydroxyl groups is 5. The van der Waals surface area contributed by atoms with Gasteiger partial charge in [0.2, 0.25) is 0 Å². The normalized spacial score (nSPS) is 38.6. The van der Waals surface area contributed by atoms with E-state index in [1.54, 1.807) is 41.7 Å². The van der Waals surface area contributed by atoms with E-state index in [2.05, 4.69) is 10.6 Å². The van der Waals surface area contributed by atoms with Gasteiger partial charge < -0.3 is 69.5 Å². The third-order valence-corrected chi connectivity index (χ3v) is 13.8. The largest absolute Gasteiger partial charge is 0.459 e. The van der Waals surface area contributed by atoms with Crippen molar-refractivity contribution in [2.75, 3.05) is 47.4 Å². The van der Waals surface area contributed by atoms with Gasteiger partial charge in [0.25, 0.3) is 0 Å². The predicted molar refractivity (Wildman–Crippen MR) is 239 cm³/mol. The standard InChI is InChI=1S/C46H88N4O13/c1-14-36-46(10,57)40(53)31(6)50(22-17-21-47-44(55)48-34-18-15-16-19-34)26-27(2)25-45(9,56)41(63-43-38(52)35(49(11)12)24-28(3)59-43)29(4)39(30(5)42(54)61-36)62-37(20-23-58-13)60-33(8)32(7)51/h27-41,43,51-53,56-57H,14-26H2,1-13H3,(H2,47,48,55)/t27-,28-,29+,30-,31-,32-,33+,35+,36-,37+,38-,39+,40-,41-,43+,45-,46-/m1/s1. The number of ether oxygens (including phenoxy) is 6. The average Bonchev–Trinajstić information content (AvgIpc) is 3.72. The number of esters is 1. The van der Waals surface area contributed by atoms with Gasteiger partial charge in [0.15, 0.2) is 12.6 Å². The number of aliphatic hydroxyl groups excluding tert-OH is 3. The fraction of sp³-hybridized carbons (Fsp3) is 0.957. The van der Waals surface area contributed by atoms with Crippen LogP contribution in [-0.4, -0.2) is 186 Å². The molecule has 63 heavy (non-hydrogen) atoms. The second-order valence-corrected chi connectivity index (χ2v) is 19.8. The Hall–Kier alpha value is -1.74. The van der Waals surface area contributed by atoms with Crippen LogP contribution in [0.5, 0.6) is 0 Å². The molecule has 0 aromatic carbocycles. The summed E-state index contributed by atoms with van der Waals surface area (Å²) in [5.41, 5.74) is -3.53. The molecule has 3 fully saturated rings. The van der Waals surface area contributed by atoms with Crippen LogP contribution < -0.4 is 10.6 Å². The number of cyclic esters (lactones) is 1. The molecule has 17 atom stereocenters. The molecule has 0 unspecified atom stereocenters. The van der Waals surface area contributed by atoms with Crippen molar-refractivity contribution in [3.63, 3.8) is 0 Å². The first-order chi connectivity index (χ1) is 29.4. The molecule has 3 aliphatic rings. The molecule has 2 aliphatic heterocycles. The Balaban J connectivity index is 2.11. The highest BCUT2D eigenvalue weighted by Gasteiger charge is 2.51. The van der Waals surface area contributed by atoms with Crippen molar-refractivity contribution in [3.05, 3.63) is 0 Å². The molecule has 370 valence electrons. The first-order valence-electron chi connectivity index (χ1n) is 23.7. The van der Waals surface area contributed by atoms with E-state index in [1.807, 2.05) is 51.6 Å². The number of methoxy groups -OCH3 is 1. The molecule has 0 bridgehead atoms. The van der Waals surface area contributed by atoms with Gasteiger partial charge in [-0.2, -0.15) is 0 Å². The van der Waals surface area contributed by atoms with Crippen LogP contribution in [0, 0.1) is 17.8 Å². The summed E-state index contributed by atoms with van der Waals surface area (Å²) in [6.07, 6.45) is -3.88. The summed E-state index contributed by atoms with van der Waals surface area (Å²) in [5, 5.41) is 65.1. The van der Waals surface area contributed by atoms with Gasteiger partial charge in [0.1, 0.15) is 23.9 Å². The van der Waals surface area contributed by atoms with Crippen LogP contribution in [0.1, 0.15) is 127 Å². The quantitative estimate of drug-likeness (QED) is 0.0634. The van der Waals surface area contributed by atoms with Crippen molar-refractivity contribution in [2.24, 2.45) is 17.8 Å². The minimum Gasteiger partial charge on any atom is -0.459 e.